The molecule has 0 fully saturated rings. The minimum atomic E-state index is -0.868. The maximum absolute atomic E-state index is 12.5. The van der Waals surface area contributed by atoms with Crippen LogP contribution in [0.3, 0.4) is 0 Å². The zero-order valence-electron chi connectivity index (χ0n) is 24.9. The van der Waals surface area contributed by atoms with Gasteiger partial charge in [0.2, 0.25) is 0 Å². The van der Waals surface area contributed by atoms with E-state index in [9.17, 15) is 10.1 Å². The third-order valence-electron chi connectivity index (χ3n) is 5.24. The molecule has 11 heteroatoms. The predicted molar refractivity (Wildman–Crippen MR) is 158 cm³/mol. The first-order valence-electron chi connectivity index (χ1n) is 14.0. The van der Waals surface area contributed by atoms with E-state index in [1.54, 1.807) is 31.2 Å². The number of rotatable bonds is 25. The molecule has 0 aromatic heterocycles. The van der Waals surface area contributed by atoms with Gasteiger partial charge in [0, 0.05) is 31.4 Å². The molecule has 0 radical (unpaired) electrons. The van der Waals surface area contributed by atoms with Gasteiger partial charge >= 0.3 is 0 Å². The Morgan fingerprint density at radius 2 is 1.62 bits per heavy atom. The average molecular weight is 584 g/mol. The van der Waals surface area contributed by atoms with Crippen molar-refractivity contribution in [2.75, 3.05) is 79.2 Å². The van der Waals surface area contributed by atoms with E-state index in [1.807, 2.05) is 0 Å². The minimum Gasteiger partial charge on any atom is -0.490 e. The Bertz CT molecular complexity index is 838. The molecule has 0 saturated carbocycles. The summed E-state index contributed by atoms with van der Waals surface area (Å²) in [5, 5.41) is 17.5. The fourth-order valence-corrected chi connectivity index (χ4v) is 3.67. The molecule has 2 N–H and O–H groups in total. The van der Waals surface area contributed by atoms with Crippen molar-refractivity contribution in [3.63, 3.8) is 0 Å². The molecule has 1 rings (SSSR count). The molecule has 1 unspecified atom stereocenters. The number of nitrogens with zero attached hydrogens (tertiary/aromatic N) is 1. The smallest absolute Gasteiger partial charge is 0.251 e. The van der Waals surface area contributed by atoms with E-state index in [4.69, 9.17) is 28.4 Å². The van der Waals surface area contributed by atoms with E-state index in [0.717, 1.165) is 31.3 Å². The Morgan fingerprint density at radius 1 is 0.950 bits per heavy atom. The van der Waals surface area contributed by atoms with Crippen molar-refractivity contribution < 1.29 is 33.2 Å². The summed E-state index contributed by atoms with van der Waals surface area (Å²) in [7, 11) is 0. The number of hydrogen-bond donors (Lipinski definition) is 2. The van der Waals surface area contributed by atoms with E-state index in [-0.39, 0.29) is 12.5 Å². The molecule has 10 nitrogen and oxygen atoms in total. The summed E-state index contributed by atoms with van der Waals surface area (Å²) in [5.41, 5.74) is 0.471. The Labute approximate surface area is 244 Å². The van der Waals surface area contributed by atoms with E-state index in [0.29, 0.717) is 82.7 Å². The fourth-order valence-electron chi connectivity index (χ4n) is 3.22. The molecule has 0 aliphatic carbocycles. The molecule has 0 saturated heterocycles. The highest BCUT2D eigenvalue weighted by Crippen LogP contribution is 2.27. The second-order valence-corrected chi connectivity index (χ2v) is 11.3. The average Bonchev–Trinajstić information content (AvgIpc) is 2.92. The van der Waals surface area contributed by atoms with Gasteiger partial charge in [-0.15, -0.1) is 0 Å². The number of carbonyl (C=O) groups is 1. The highest BCUT2D eigenvalue weighted by atomic mass is 32.2. The SMILES string of the molecule is CC(C)COCCOC(C)(COc1cccc(C(=O)NCCOCCOCCOCCCNC(C)C)c1)SC#N. The second kappa shape index (κ2) is 22.7. The van der Waals surface area contributed by atoms with Gasteiger partial charge in [0.25, 0.3) is 5.91 Å². The highest BCUT2D eigenvalue weighted by molar-refractivity contribution is 8.04. The molecule has 0 spiro atoms. The lowest BCUT2D eigenvalue weighted by molar-refractivity contribution is -0.0278. The first-order valence-corrected chi connectivity index (χ1v) is 14.8. The number of amides is 1. The summed E-state index contributed by atoms with van der Waals surface area (Å²) in [4.78, 5) is 11.7. The summed E-state index contributed by atoms with van der Waals surface area (Å²) in [6.07, 6.45) is 0.981. The monoisotopic (exact) mass is 583 g/mol. The minimum absolute atomic E-state index is 0.137. The number of hydrogen-bond acceptors (Lipinski definition) is 10. The summed E-state index contributed by atoms with van der Waals surface area (Å²) in [6.45, 7) is 16.2. The molecule has 1 amide bonds. The largest absolute Gasteiger partial charge is 0.490 e. The lowest BCUT2D eigenvalue weighted by Gasteiger charge is -2.26. The van der Waals surface area contributed by atoms with Crippen molar-refractivity contribution in [3.05, 3.63) is 29.8 Å². The number of nitrogens with one attached hydrogen (secondary N) is 2. The van der Waals surface area contributed by atoms with Crippen LogP contribution in [0.1, 0.15) is 51.4 Å². The van der Waals surface area contributed by atoms with Gasteiger partial charge < -0.3 is 39.1 Å². The van der Waals surface area contributed by atoms with Gasteiger partial charge in [-0.3, -0.25) is 4.79 Å². The van der Waals surface area contributed by atoms with Crippen LogP contribution >= 0.6 is 11.8 Å². The summed E-state index contributed by atoms with van der Waals surface area (Å²) in [5.74, 6) is 0.739. The van der Waals surface area contributed by atoms with E-state index < -0.39 is 4.93 Å². The normalized spacial score (nSPS) is 12.8. The lowest BCUT2D eigenvalue weighted by atomic mass is 10.2. The van der Waals surface area contributed by atoms with Crippen LogP contribution in [-0.4, -0.2) is 96.0 Å². The Hall–Kier alpha value is -1.91. The van der Waals surface area contributed by atoms with Crippen LogP contribution in [0.15, 0.2) is 24.3 Å². The van der Waals surface area contributed by atoms with Crippen molar-refractivity contribution in [3.8, 4) is 11.2 Å². The van der Waals surface area contributed by atoms with E-state index in [1.165, 1.54) is 0 Å². The van der Waals surface area contributed by atoms with Gasteiger partial charge in [-0.1, -0.05) is 33.8 Å². The van der Waals surface area contributed by atoms with Gasteiger partial charge in [-0.25, -0.2) is 0 Å². The van der Waals surface area contributed by atoms with Crippen LogP contribution in [-0.2, 0) is 23.7 Å². The fraction of sp³-hybridized carbons (Fsp3) is 0.724. The molecule has 0 bridgehead atoms. The molecular formula is C29H49N3O7S. The van der Waals surface area contributed by atoms with E-state index in [2.05, 4.69) is 43.7 Å². The van der Waals surface area contributed by atoms with Gasteiger partial charge in [-0.2, -0.15) is 5.26 Å². The summed E-state index contributed by atoms with van der Waals surface area (Å²) >= 11 is 0.992. The molecule has 0 aliphatic heterocycles. The summed E-state index contributed by atoms with van der Waals surface area (Å²) in [6, 6.07) is 7.39. The van der Waals surface area contributed by atoms with Gasteiger partial charge in [-0.05, 0) is 55.8 Å². The zero-order chi connectivity index (χ0) is 29.5. The molecule has 1 atom stereocenters. The van der Waals surface area contributed by atoms with Crippen molar-refractivity contribution in [1.29, 1.82) is 5.26 Å². The van der Waals surface area contributed by atoms with Crippen LogP contribution < -0.4 is 15.4 Å². The number of benzene rings is 1. The van der Waals surface area contributed by atoms with Crippen LogP contribution in [0.5, 0.6) is 5.75 Å². The number of carbonyl (C=O) groups excluding carboxylic acids is 1. The van der Waals surface area contributed by atoms with Gasteiger partial charge in [0.15, 0.2) is 4.93 Å². The van der Waals surface area contributed by atoms with Gasteiger partial charge in [0.05, 0.1) is 46.2 Å². The second-order valence-electron chi connectivity index (χ2n) is 10.0. The van der Waals surface area contributed by atoms with Gasteiger partial charge in [0.1, 0.15) is 17.8 Å². The van der Waals surface area contributed by atoms with Crippen molar-refractivity contribution >= 4 is 17.7 Å². The third-order valence-corrected chi connectivity index (χ3v) is 6.00. The maximum atomic E-state index is 12.5. The number of nitriles is 1. The molecule has 0 heterocycles. The topological polar surface area (TPSA) is 120 Å². The standard InChI is InChI=1S/C29H49N3O7S/c1-24(2)21-37-18-19-39-29(5,40-23-30)22-38-27-9-6-8-26(20-27)28(33)32-11-13-35-15-17-36-16-14-34-12-7-10-31-25(3)4/h6,8-9,20,24-25,31H,7,10-19,21-22H2,1-5H3,(H,32,33). The van der Waals surface area contributed by atoms with Crippen molar-refractivity contribution in [1.82, 2.24) is 10.6 Å². The Kier molecular flexibility index (Phi) is 20.5. The molecule has 40 heavy (non-hydrogen) atoms. The van der Waals surface area contributed by atoms with Crippen LogP contribution in [0, 0.1) is 16.6 Å². The molecule has 0 aliphatic rings. The van der Waals surface area contributed by atoms with Crippen LogP contribution in [0.4, 0.5) is 0 Å². The van der Waals surface area contributed by atoms with E-state index >= 15 is 0 Å². The van der Waals surface area contributed by atoms with Crippen molar-refractivity contribution in [2.24, 2.45) is 5.92 Å². The first-order chi connectivity index (χ1) is 19.3. The zero-order valence-corrected chi connectivity index (χ0v) is 25.7. The summed E-state index contributed by atoms with van der Waals surface area (Å²) < 4.78 is 33.8. The van der Waals surface area contributed by atoms with Crippen molar-refractivity contribution in [2.45, 2.75) is 52.0 Å². The van der Waals surface area contributed by atoms with Crippen LogP contribution in [0.25, 0.3) is 0 Å². The third kappa shape index (κ3) is 19.2. The Balaban J connectivity index is 2.21. The molecule has 1 aromatic rings. The first kappa shape index (κ1) is 36.1. The Morgan fingerprint density at radius 3 is 2.30 bits per heavy atom. The predicted octanol–water partition coefficient (Wildman–Crippen LogP) is 3.85. The highest BCUT2D eigenvalue weighted by Gasteiger charge is 2.28. The molecular weight excluding hydrogens is 534 g/mol. The molecule has 228 valence electrons. The number of ether oxygens (including phenoxy) is 6. The maximum Gasteiger partial charge on any atom is 0.251 e. The number of thioether (sulfide) groups is 1. The quantitative estimate of drug-likeness (QED) is 0.0998. The number of thiocyanates is 1. The van der Waals surface area contributed by atoms with Crippen LogP contribution in [0.2, 0.25) is 0 Å². The molecule has 1 aromatic carbocycles. The lowest BCUT2D eigenvalue weighted by Crippen LogP contribution is -2.33.